The van der Waals surface area contributed by atoms with Gasteiger partial charge in [-0.2, -0.15) is 0 Å². The molecule has 3 rings (SSSR count). The van der Waals surface area contributed by atoms with Crippen LogP contribution in [0.4, 0.5) is 0 Å². The summed E-state index contributed by atoms with van der Waals surface area (Å²) < 4.78 is 10.5. The molecule has 1 saturated heterocycles. The lowest BCUT2D eigenvalue weighted by atomic mass is 10.1. The SMILES string of the molecule is O=C1c2ccccc2C(=O)N1CCCCC1COCO1. The molecule has 0 saturated carbocycles. The Morgan fingerprint density at radius 3 is 2.40 bits per heavy atom. The van der Waals surface area contributed by atoms with Gasteiger partial charge < -0.3 is 9.47 Å². The number of nitrogens with zero attached hydrogens (tertiary/aromatic N) is 1. The van der Waals surface area contributed by atoms with Gasteiger partial charge in [-0.3, -0.25) is 14.5 Å². The topological polar surface area (TPSA) is 55.8 Å². The smallest absolute Gasteiger partial charge is 0.261 e. The van der Waals surface area contributed by atoms with E-state index < -0.39 is 0 Å². The zero-order chi connectivity index (χ0) is 13.9. The number of ether oxygens (including phenoxy) is 2. The lowest BCUT2D eigenvalue weighted by molar-refractivity contribution is 0.0438. The average molecular weight is 275 g/mol. The van der Waals surface area contributed by atoms with E-state index >= 15 is 0 Å². The van der Waals surface area contributed by atoms with Crippen molar-refractivity contribution in [2.75, 3.05) is 19.9 Å². The van der Waals surface area contributed by atoms with Gasteiger partial charge in [-0.05, 0) is 31.4 Å². The number of carbonyl (C=O) groups is 2. The largest absolute Gasteiger partial charge is 0.353 e. The van der Waals surface area contributed by atoms with Crippen LogP contribution in [0, 0.1) is 0 Å². The monoisotopic (exact) mass is 275 g/mol. The van der Waals surface area contributed by atoms with Crippen molar-refractivity contribution in [2.24, 2.45) is 0 Å². The van der Waals surface area contributed by atoms with Gasteiger partial charge in [0.1, 0.15) is 6.79 Å². The highest BCUT2D eigenvalue weighted by Crippen LogP contribution is 2.23. The maximum Gasteiger partial charge on any atom is 0.261 e. The minimum Gasteiger partial charge on any atom is -0.353 e. The van der Waals surface area contributed by atoms with E-state index in [-0.39, 0.29) is 17.9 Å². The van der Waals surface area contributed by atoms with Crippen molar-refractivity contribution in [3.63, 3.8) is 0 Å². The first-order chi connectivity index (χ1) is 9.77. The molecule has 1 unspecified atom stereocenters. The predicted octanol–water partition coefficient (Wildman–Crippen LogP) is 1.83. The van der Waals surface area contributed by atoms with E-state index in [1.54, 1.807) is 24.3 Å². The van der Waals surface area contributed by atoms with Crippen LogP contribution >= 0.6 is 0 Å². The molecule has 0 bridgehead atoms. The van der Waals surface area contributed by atoms with Gasteiger partial charge in [-0.1, -0.05) is 12.1 Å². The highest BCUT2D eigenvalue weighted by Gasteiger charge is 2.34. The van der Waals surface area contributed by atoms with Crippen LogP contribution in [-0.4, -0.2) is 42.8 Å². The Balaban J connectivity index is 1.51. The molecule has 2 amide bonds. The standard InChI is InChI=1S/C15H17NO4/c17-14-12-6-1-2-7-13(12)15(18)16(14)8-4-3-5-11-9-19-10-20-11/h1-2,6-7,11H,3-5,8-10H2. The first kappa shape index (κ1) is 13.3. The van der Waals surface area contributed by atoms with Gasteiger partial charge in [0.2, 0.25) is 0 Å². The summed E-state index contributed by atoms with van der Waals surface area (Å²) in [4.78, 5) is 25.6. The number of fused-ring (bicyclic) bond motifs is 1. The Labute approximate surface area is 117 Å². The minimum absolute atomic E-state index is 0.164. The Bertz CT molecular complexity index is 487. The van der Waals surface area contributed by atoms with Crippen LogP contribution in [0.5, 0.6) is 0 Å². The van der Waals surface area contributed by atoms with Crippen molar-refractivity contribution in [3.8, 4) is 0 Å². The average Bonchev–Trinajstić information content (AvgIpc) is 3.06. The van der Waals surface area contributed by atoms with Crippen molar-refractivity contribution in [1.82, 2.24) is 4.90 Å². The van der Waals surface area contributed by atoms with Crippen LogP contribution in [0.25, 0.3) is 0 Å². The van der Waals surface area contributed by atoms with Crippen LogP contribution < -0.4 is 0 Å². The van der Waals surface area contributed by atoms with Gasteiger partial charge in [-0.15, -0.1) is 0 Å². The maximum absolute atomic E-state index is 12.1. The van der Waals surface area contributed by atoms with Crippen molar-refractivity contribution in [1.29, 1.82) is 0 Å². The highest BCUT2D eigenvalue weighted by molar-refractivity contribution is 6.21. The van der Waals surface area contributed by atoms with Gasteiger partial charge in [0.05, 0.1) is 23.8 Å². The van der Waals surface area contributed by atoms with E-state index in [2.05, 4.69) is 0 Å². The molecule has 1 aromatic carbocycles. The molecular formula is C15H17NO4. The molecule has 5 nitrogen and oxygen atoms in total. The Hall–Kier alpha value is -1.72. The van der Waals surface area contributed by atoms with Crippen molar-refractivity contribution >= 4 is 11.8 Å². The number of unbranched alkanes of at least 4 members (excludes halogenated alkanes) is 1. The fraction of sp³-hybridized carbons (Fsp3) is 0.467. The summed E-state index contributed by atoms with van der Waals surface area (Å²) in [5.74, 6) is -0.350. The number of imide groups is 1. The highest BCUT2D eigenvalue weighted by atomic mass is 16.7. The first-order valence-corrected chi connectivity index (χ1v) is 6.92. The third kappa shape index (κ3) is 2.46. The molecule has 2 aliphatic rings. The Kier molecular flexibility index (Phi) is 3.80. The van der Waals surface area contributed by atoms with Gasteiger partial charge in [-0.25, -0.2) is 0 Å². The van der Waals surface area contributed by atoms with Gasteiger partial charge in [0, 0.05) is 6.54 Å². The second-order valence-corrected chi connectivity index (χ2v) is 5.08. The molecule has 2 heterocycles. The van der Waals surface area contributed by atoms with Crippen LogP contribution in [0.15, 0.2) is 24.3 Å². The number of hydrogen-bond acceptors (Lipinski definition) is 4. The van der Waals surface area contributed by atoms with E-state index in [1.807, 2.05) is 0 Å². The predicted molar refractivity (Wildman–Crippen MR) is 71.4 cm³/mol. The first-order valence-electron chi connectivity index (χ1n) is 6.92. The number of amides is 2. The van der Waals surface area contributed by atoms with Crippen molar-refractivity contribution in [3.05, 3.63) is 35.4 Å². The normalized spacial score (nSPS) is 21.6. The second-order valence-electron chi connectivity index (χ2n) is 5.08. The molecule has 20 heavy (non-hydrogen) atoms. The number of carbonyl (C=O) groups excluding carboxylic acids is 2. The third-order valence-electron chi connectivity index (χ3n) is 3.73. The summed E-state index contributed by atoms with van der Waals surface area (Å²) >= 11 is 0. The fourth-order valence-corrected chi connectivity index (χ4v) is 2.62. The molecule has 0 N–H and O–H groups in total. The number of rotatable bonds is 5. The van der Waals surface area contributed by atoms with E-state index in [1.165, 1.54) is 4.90 Å². The molecule has 1 aromatic rings. The zero-order valence-corrected chi connectivity index (χ0v) is 11.2. The van der Waals surface area contributed by atoms with Crippen LogP contribution in [0.3, 0.4) is 0 Å². The molecule has 106 valence electrons. The molecular weight excluding hydrogens is 258 g/mol. The van der Waals surface area contributed by atoms with Crippen molar-refractivity contribution < 1.29 is 19.1 Å². The maximum atomic E-state index is 12.1. The van der Waals surface area contributed by atoms with Crippen LogP contribution in [0.2, 0.25) is 0 Å². The van der Waals surface area contributed by atoms with Gasteiger partial charge in [0.15, 0.2) is 0 Å². The Morgan fingerprint density at radius 1 is 1.10 bits per heavy atom. The molecule has 2 aliphatic heterocycles. The quantitative estimate of drug-likeness (QED) is 0.607. The van der Waals surface area contributed by atoms with Gasteiger partial charge >= 0.3 is 0 Å². The second kappa shape index (κ2) is 5.73. The molecule has 1 atom stereocenters. The van der Waals surface area contributed by atoms with Crippen LogP contribution in [0.1, 0.15) is 40.0 Å². The zero-order valence-electron chi connectivity index (χ0n) is 11.2. The van der Waals surface area contributed by atoms with Gasteiger partial charge in [0.25, 0.3) is 11.8 Å². The molecule has 0 radical (unpaired) electrons. The molecule has 0 aliphatic carbocycles. The number of hydrogen-bond donors (Lipinski definition) is 0. The van der Waals surface area contributed by atoms with E-state index in [4.69, 9.17) is 9.47 Å². The lowest BCUT2D eigenvalue weighted by Crippen LogP contribution is -2.30. The molecule has 1 fully saturated rings. The summed E-state index contributed by atoms with van der Waals surface area (Å²) in [7, 11) is 0. The molecule has 0 aromatic heterocycles. The van der Waals surface area contributed by atoms with E-state index in [0.29, 0.717) is 31.1 Å². The summed E-state index contributed by atoms with van der Waals surface area (Å²) in [6.07, 6.45) is 2.79. The summed E-state index contributed by atoms with van der Waals surface area (Å²) in [5.41, 5.74) is 1.04. The molecule has 0 spiro atoms. The van der Waals surface area contributed by atoms with E-state index in [0.717, 1.165) is 19.3 Å². The third-order valence-corrected chi connectivity index (χ3v) is 3.73. The van der Waals surface area contributed by atoms with E-state index in [9.17, 15) is 9.59 Å². The Morgan fingerprint density at radius 2 is 1.80 bits per heavy atom. The van der Waals surface area contributed by atoms with Crippen LogP contribution in [-0.2, 0) is 9.47 Å². The summed E-state index contributed by atoms with van der Waals surface area (Å²) in [6.45, 7) is 1.50. The fourth-order valence-electron chi connectivity index (χ4n) is 2.62. The lowest BCUT2D eigenvalue weighted by Gasteiger charge is -2.14. The number of benzene rings is 1. The summed E-state index contributed by atoms with van der Waals surface area (Å²) in [6, 6.07) is 6.98. The summed E-state index contributed by atoms with van der Waals surface area (Å²) in [5, 5.41) is 0. The minimum atomic E-state index is -0.175. The van der Waals surface area contributed by atoms with Crippen molar-refractivity contribution in [2.45, 2.75) is 25.4 Å². The molecule has 5 heteroatoms.